The summed E-state index contributed by atoms with van der Waals surface area (Å²) in [4.78, 5) is 10.1. The van der Waals surface area contributed by atoms with Crippen molar-refractivity contribution in [2.45, 2.75) is 20.8 Å². The lowest BCUT2D eigenvalue weighted by atomic mass is 10.2. The molecule has 0 aliphatic carbocycles. The predicted octanol–water partition coefficient (Wildman–Crippen LogP) is 1.68. The average molecular weight is 125 g/mol. The molecule has 0 bridgehead atoms. The fraction of sp³-hybridized carbons (Fsp3) is 0.429. The van der Waals surface area contributed by atoms with Crippen LogP contribution in [-0.4, -0.2) is 5.78 Å². The first kappa shape index (κ1) is 10.8. The van der Waals surface area contributed by atoms with Gasteiger partial charge in [0.25, 0.3) is 0 Å². The second kappa shape index (κ2) is 6.90. The van der Waals surface area contributed by atoms with Gasteiger partial charge in [-0.3, -0.25) is 4.79 Å². The van der Waals surface area contributed by atoms with Crippen molar-refractivity contribution in [1.82, 2.24) is 0 Å². The van der Waals surface area contributed by atoms with Gasteiger partial charge in [-0.1, -0.05) is 20.4 Å². The van der Waals surface area contributed by atoms with Crippen LogP contribution in [0.1, 0.15) is 20.8 Å². The zero-order chi connectivity index (χ0) is 7.86. The first-order valence-electron chi connectivity index (χ1n) is 2.78. The molecule has 0 rings (SSSR count). The first-order chi connectivity index (χ1) is 4.18. The van der Waals surface area contributed by atoms with Crippen molar-refractivity contribution >= 4 is 5.78 Å². The van der Waals surface area contributed by atoms with E-state index in [2.05, 4.69) is 6.58 Å². The maximum Gasteiger partial charge on any atom is 0.169 e. The third-order valence-corrected chi connectivity index (χ3v) is 0.560. The first-order valence-corrected chi connectivity index (χ1v) is 2.78. The molecule has 0 aromatic heterocycles. The number of nitriles is 1. The number of ketones is 1. The highest BCUT2D eigenvalue weighted by molar-refractivity contribution is 5.96. The lowest BCUT2D eigenvalue weighted by Crippen LogP contribution is -1.88. The Labute approximate surface area is 55.8 Å². The smallest absolute Gasteiger partial charge is 0.169 e. The second-order valence-electron chi connectivity index (χ2n) is 1.15. The normalized spacial score (nSPS) is 6.00. The molecular formula is C7H11NO. The van der Waals surface area contributed by atoms with E-state index in [1.165, 1.54) is 6.92 Å². The van der Waals surface area contributed by atoms with Gasteiger partial charge in [0.05, 0.1) is 5.57 Å². The van der Waals surface area contributed by atoms with E-state index in [0.717, 1.165) is 0 Å². The summed E-state index contributed by atoms with van der Waals surface area (Å²) in [5.41, 5.74) is 0.0139. The Morgan fingerprint density at radius 3 is 1.89 bits per heavy atom. The summed E-state index contributed by atoms with van der Waals surface area (Å²) < 4.78 is 0. The second-order valence-corrected chi connectivity index (χ2v) is 1.15. The van der Waals surface area contributed by atoms with Crippen LogP contribution >= 0.6 is 0 Å². The molecule has 0 spiro atoms. The van der Waals surface area contributed by atoms with Crippen LogP contribution in [0.25, 0.3) is 0 Å². The number of hydrogen-bond donors (Lipinski definition) is 0. The van der Waals surface area contributed by atoms with Crippen molar-refractivity contribution < 1.29 is 4.79 Å². The Morgan fingerprint density at radius 2 is 1.89 bits per heavy atom. The molecule has 0 aliphatic heterocycles. The topological polar surface area (TPSA) is 40.9 Å². The van der Waals surface area contributed by atoms with E-state index >= 15 is 0 Å². The summed E-state index contributed by atoms with van der Waals surface area (Å²) in [6.45, 7) is 8.47. The van der Waals surface area contributed by atoms with Crippen LogP contribution in [-0.2, 0) is 4.79 Å². The van der Waals surface area contributed by atoms with Gasteiger partial charge in [0.1, 0.15) is 6.07 Å². The quantitative estimate of drug-likeness (QED) is 0.395. The molecule has 0 aromatic rings. The molecule has 2 nitrogen and oxygen atoms in total. The van der Waals surface area contributed by atoms with E-state index in [9.17, 15) is 4.79 Å². The van der Waals surface area contributed by atoms with Gasteiger partial charge in [-0.25, -0.2) is 0 Å². The molecule has 2 heteroatoms. The lowest BCUT2D eigenvalue weighted by Gasteiger charge is -1.77. The summed E-state index contributed by atoms with van der Waals surface area (Å²) in [5, 5.41) is 7.93. The minimum absolute atomic E-state index is 0.0139. The number of Topliss-reactive ketones (excluding diaryl/α,β-unsaturated/α-hetero) is 1. The van der Waals surface area contributed by atoms with E-state index in [-0.39, 0.29) is 11.4 Å². The zero-order valence-corrected chi connectivity index (χ0v) is 6.06. The minimum Gasteiger partial charge on any atom is -0.294 e. The number of rotatable bonds is 1. The van der Waals surface area contributed by atoms with Gasteiger partial charge in [0.15, 0.2) is 5.78 Å². The molecule has 0 saturated heterocycles. The Balaban J connectivity index is 0. The minimum atomic E-state index is -0.262. The predicted molar refractivity (Wildman–Crippen MR) is 36.8 cm³/mol. The SMILES string of the molecule is C=C(C#N)C(C)=O.CC. The highest BCUT2D eigenvalue weighted by atomic mass is 16.1. The summed E-state index contributed by atoms with van der Waals surface area (Å²) in [5.74, 6) is -0.262. The van der Waals surface area contributed by atoms with Crippen LogP contribution in [0.5, 0.6) is 0 Å². The lowest BCUT2D eigenvalue weighted by molar-refractivity contribution is -0.113. The van der Waals surface area contributed by atoms with Gasteiger partial charge in [-0.2, -0.15) is 5.26 Å². The third kappa shape index (κ3) is 6.90. The van der Waals surface area contributed by atoms with Crippen molar-refractivity contribution in [1.29, 1.82) is 5.26 Å². The maximum atomic E-state index is 10.1. The standard InChI is InChI=1S/C5H5NO.C2H6/c1-4(3-6)5(2)7;1-2/h1H2,2H3;1-2H3. The van der Waals surface area contributed by atoms with Crippen molar-refractivity contribution in [3.8, 4) is 6.07 Å². The zero-order valence-electron chi connectivity index (χ0n) is 6.06. The molecule has 0 aliphatic rings. The summed E-state index contributed by atoms with van der Waals surface area (Å²) in [6, 6.07) is 1.62. The number of carbonyl (C=O) groups is 1. The highest BCUT2D eigenvalue weighted by Gasteiger charge is 1.93. The Hall–Kier alpha value is -1.10. The molecule has 0 atom stereocenters. The van der Waals surface area contributed by atoms with E-state index in [1.54, 1.807) is 6.07 Å². The van der Waals surface area contributed by atoms with Gasteiger partial charge < -0.3 is 0 Å². The molecule has 0 aromatic carbocycles. The fourth-order valence-corrected chi connectivity index (χ4v) is 0.0787. The fourth-order valence-electron chi connectivity index (χ4n) is 0.0787. The van der Waals surface area contributed by atoms with Crippen LogP contribution in [0, 0.1) is 11.3 Å². The van der Waals surface area contributed by atoms with Gasteiger partial charge in [0.2, 0.25) is 0 Å². The van der Waals surface area contributed by atoms with Crippen LogP contribution in [0.15, 0.2) is 12.2 Å². The molecule has 0 heterocycles. The largest absolute Gasteiger partial charge is 0.294 e. The number of nitrogens with zero attached hydrogens (tertiary/aromatic N) is 1. The highest BCUT2D eigenvalue weighted by Crippen LogP contribution is 1.84. The molecule has 0 radical (unpaired) electrons. The van der Waals surface area contributed by atoms with E-state index < -0.39 is 0 Å². The van der Waals surface area contributed by atoms with E-state index in [0.29, 0.717) is 0 Å². The summed E-state index contributed by atoms with van der Waals surface area (Å²) in [6.07, 6.45) is 0. The maximum absolute atomic E-state index is 10.1. The molecule has 0 saturated carbocycles. The van der Waals surface area contributed by atoms with Crippen molar-refractivity contribution in [3.63, 3.8) is 0 Å². The Morgan fingerprint density at radius 1 is 1.56 bits per heavy atom. The average Bonchev–Trinajstić information content (AvgIpc) is 1.91. The molecule has 0 N–H and O–H groups in total. The monoisotopic (exact) mass is 125 g/mol. The van der Waals surface area contributed by atoms with Crippen molar-refractivity contribution in [3.05, 3.63) is 12.2 Å². The van der Waals surface area contributed by atoms with Crippen LogP contribution in [0.4, 0.5) is 0 Å². The third-order valence-electron chi connectivity index (χ3n) is 0.560. The van der Waals surface area contributed by atoms with Crippen molar-refractivity contribution in [2.75, 3.05) is 0 Å². The van der Waals surface area contributed by atoms with E-state index in [1.807, 2.05) is 13.8 Å². The van der Waals surface area contributed by atoms with Gasteiger partial charge in [-0.15, -0.1) is 0 Å². The van der Waals surface area contributed by atoms with Gasteiger partial charge in [0, 0.05) is 0 Å². The number of allylic oxidation sites excluding steroid dienone is 1. The number of carbonyl (C=O) groups excluding carboxylic acids is 1. The Kier molecular flexibility index (Phi) is 8.28. The van der Waals surface area contributed by atoms with Crippen LogP contribution in [0.3, 0.4) is 0 Å². The van der Waals surface area contributed by atoms with Crippen molar-refractivity contribution in [2.24, 2.45) is 0 Å². The van der Waals surface area contributed by atoms with Gasteiger partial charge >= 0.3 is 0 Å². The molecular weight excluding hydrogens is 114 g/mol. The molecule has 0 fully saturated rings. The van der Waals surface area contributed by atoms with Gasteiger partial charge in [-0.05, 0) is 6.92 Å². The molecule has 0 amide bonds. The van der Waals surface area contributed by atoms with E-state index in [4.69, 9.17) is 5.26 Å². The summed E-state index contributed by atoms with van der Waals surface area (Å²) in [7, 11) is 0. The van der Waals surface area contributed by atoms with Crippen LogP contribution < -0.4 is 0 Å². The molecule has 0 unspecified atom stereocenters. The summed E-state index contributed by atoms with van der Waals surface area (Å²) >= 11 is 0. The Bertz CT molecular complexity index is 141. The van der Waals surface area contributed by atoms with Crippen LogP contribution in [0.2, 0.25) is 0 Å². The number of hydrogen-bond acceptors (Lipinski definition) is 2. The molecule has 50 valence electrons. The molecule has 9 heavy (non-hydrogen) atoms.